The molecule has 0 aromatic heterocycles. The number of aryl methyl sites for hydroxylation is 2. The molecule has 0 unspecified atom stereocenters. The van der Waals surface area contributed by atoms with Crippen LogP contribution in [-0.2, 0) is 12.8 Å². The van der Waals surface area contributed by atoms with Crippen LogP contribution in [0.25, 0.3) is 11.1 Å². The van der Waals surface area contributed by atoms with Crippen LogP contribution < -0.4 is 4.74 Å². The van der Waals surface area contributed by atoms with Crippen molar-refractivity contribution in [3.05, 3.63) is 114 Å². The van der Waals surface area contributed by atoms with E-state index in [-0.39, 0.29) is 5.97 Å². The third-order valence-electron chi connectivity index (χ3n) is 5.21. The molecule has 0 bridgehead atoms. The van der Waals surface area contributed by atoms with Crippen molar-refractivity contribution in [2.24, 2.45) is 0 Å². The third-order valence-corrected chi connectivity index (χ3v) is 5.21. The summed E-state index contributed by atoms with van der Waals surface area (Å²) in [5, 5.41) is 0. The molecule has 2 heteroatoms. The summed E-state index contributed by atoms with van der Waals surface area (Å²) in [6.07, 6.45) is 12.6. The highest BCUT2D eigenvalue weighted by molar-refractivity contribution is 5.91. The van der Waals surface area contributed by atoms with Crippen molar-refractivity contribution in [3.8, 4) is 16.9 Å². The van der Waals surface area contributed by atoms with Crippen molar-refractivity contribution < 1.29 is 9.53 Å². The predicted octanol–water partition coefficient (Wildman–Crippen LogP) is 7.59. The molecule has 0 N–H and O–H groups in total. The summed E-state index contributed by atoms with van der Waals surface area (Å²) in [6, 6.07) is 24.0. The number of hydrogen-bond donors (Lipinski definition) is 0. The van der Waals surface area contributed by atoms with Crippen LogP contribution >= 0.6 is 0 Å². The number of allylic oxidation sites excluding steroid dienone is 4. The first-order valence-electron chi connectivity index (χ1n) is 10.9. The molecular weight excluding hydrogens is 380 g/mol. The van der Waals surface area contributed by atoms with Crippen LogP contribution in [0.3, 0.4) is 0 Å². The maximum atomic E-state index is 12.4. The van der Waals surface area contributed by atoms with Gasteiger partial charge in [0.15, 0.2) is 0 Å². The van der Waals surface area contributed by atoms with E-state index in [1.807, 2.05) is 62.4 Å². The largest absolute Gasteiger partial charge is 0.423 e. The molecule has 3 rings (SSSR count). The Hall–Kier alpha value is -3.39. The molecule has 0 fully saturated rings. The predicted molar refractivity (Wildman–Crippen MR) is 130 cm³/mol. The molecule has 2 nitrogen and oxygen atoms in total. The smallest absolute Gasteiger partial charge is 0.343 e. The fraction of sp³-hybridized carbons (Fsp3) is 0.207. The van der Waals surface area contributed by atoms with E-state index in [1.54, 1.807) is 0 Å². The molecule has 0 amide bonds. The van der Waals surface area contributed by atoms with Gasteiger partial charge in [0.05, 0.1) is 5.56 Å². The van der Waals surface area contributed by atoms with Gasteiger partial charge in [0.1, 0.15) is 5.75 Å². The lowest BCUT2D eigenvalue weighted by Crippen LogP contribution is -2.08. The Labute approximate surface area is 185 Å². The van der Waals surface area contributed by atoms with Crippen LogP contribution in [0.2, 0.25) is 0 Å². The van der Waals surface area contributed by atoms with Crippen LogP contribution in [-0.4, -0.2) is 5.97 Å². The maximum Gasteiger partial charge on any atom is 0.343 e. The van der Waals surface area contributed by atoms with Crippen LogP contribution in [0, 0.1) is 0 Å². The van der Waals surface area contributed by atoms with E-state index in [9.17, 15) is 4.79 Å². The van der Waals surface area contributed by atoms with Crippen LogP contribution in [0.1, 0.15) is 48.2 Å². The summed E-state index contributed by atoms with van der Waals surface area (Å²) in [6.45, 7) is 4.07. The first kappa shape index (κ1) is 22.3. The molecule has 0 atom stereocenters. The van der Waals surface area contributed by atoms with E-state index in [0.717, 1.165) is 36.8 Å². The molecule has 158 valence electrons. The molecule has 31 heavy (non-hydrogen) atoms. The first-order valence-corrected chi connectivity index (χ1v) is 10.9. The number of carbonyl (C=O) groups is 1. The number of carbonyl (C=O) groups excluding carboxylic acids is 1. The number of hydrogen-bond acceptors (Lipinski definition) is 2. The minimum absolute atomic E-state index is 0.335. The summed E-state index contributed by atoms with van der Waals surface area (Å²) < 4.78 is 5.55. The highest BCUT2D eigenvalue weighted by atomic mass is 16.5. The summed E-state index contributed by atoms with van der Waals surface area (Å²) in [5.41, 5.74) is 5.37. The molecule has 0 saturated heterocycles. The standard InChI is InChI=1S/C29H30O2/c1-3-5-7-9-23-11-15-25(16-12-23)26-19-21-28(22-20-26)31-29(30)27-17-13-24(14-18-27)10-8-6-4-2/h3-6,11-22H,7-10H2,1-2H3/b5-3+,6-4+. The lowest BCUT2D eigenvalue weighted by Gasteiger charge is -2.07. The second-order valence-corrected chi connectivity index (χ2v) is 7.52. The number of benzene rings is 3. The van der Waals surface area contributed by atoms with Crippen molar-refractivity contribution in [2.75, 3.05) is 0 Å². The fourth-order valence-corrected chi connectivity index (χ4v) is 3.39. The first-order chi connectivity index (χ1) is 15.2. The van der Waals surface area contributed by atoms with Gasteiger partial charge in [-0.05, 0) is 86.1 Å². The SMILES string of the molecule is C/C=C/CCc1ccc(C(=O)Oc2ccc(-c3ccc(CC/C=C/C)cc3)cc2)cc1. The van der Waals surface area contributed by atoms with Gasteiger partial charge in [0.2, 0.25) is 0 Å². The number of rotatable bonds is 9. The zero-order chi connectivity index (χ0) is 21.9. The normalized spacial score (nSPS) is 11.3. The highest BCUT2D eigenvalue weighted by Gasteiger charge is 2.09. The van der Waals surface area contributed by atoms with Gasteiger partial charge in [-0.3, -0.25) is 0 Å². The van der Waals surface area contributed by atoms with E-state index in [4.69, 9.17) is 4.74 Å². The van der Waals surface area contributed by atoms with Gasteiger partial charge in [0, 0.05) is 0 Å². The molecule has 0 aliphatic rings. The molecule has 0 aliphatic heterocycles. The lowest BCUT2D eigenvalue weighted by molar-refractivity contribution is 0.0735. The molecule has 0 spiro atoms. The topological polar surface area (TPSA) is 26.3 Å². The second kappa shape index (κ2) is 11.7. The van der Waals surface area contributed by atoms with Gasteiger partial charge < -0.3 is 4.74 Å². The van der Waals surface area contributed by atoms with Gasteiger partial charge in [0.25, 0.3) is 0 Å². The molecule has 0 saturated carbocycles. The van der Waals surface area contributed by atoms with Crippen molar-refractivity contribution >= 4 is 5.97 Å². The average molecular weight is 411 g/mol. The van der Waals surface area contributed by atoms with E-state index in [2.05, 4.69) is 48.6 Å². The van der Waals surface area contributed by atoms with E-state index in [0.29, 0.717) is 11.3 Å². The Balaban J connectivity index is 1.58. The summed E-state index contributed by atoms with van der Waals surface area (Å²) in [4.78, 5) is 12.4. The summed E-state index contributed by atoms with van der Waals surface area (Å²) in [7, 11) is 0. The molecule has 0 radical (unpaired) electrons. The third kappa shape index (κ3) is 6.82. The Kier molecular flexibility index (Phi) is 8.42. The minimum atomic E-state index is -0.335. The molecular formula is C29H30O2. The summed E-state index contributed by atoms with van der Waals surface area (Å²) >= 11 is 0. The van der Waals surface area contributed by atoms with Crippen molar-refractivity contribution in [1.82, 2.24) is 0 Å². The van der Waals surface area contributed by atoms with Crippen LogP contribution in [0.15, 0.2) is 97.1 Å². The second-order valence-electron chi connectivity index (χ2n) is 7.52. The molecule has 0 aliphatic carbocycles. The molecule has 3 aromatic rings. The Morgan fingerprint density at radius 1 is 0.677 bits per heavy atom. The van der Waals surface area contributed by atoms with Crippen LogP contribution in [0.5, 0.6) is 5.75 Å². The minimum Gasteiger partial charge on any atom is -0.423 e. The number of ether oxygens (including phenoxy) is 1. The monoisotopic (exact) mass is 410 g/mol. The van der Waals surface area contributed by atoms with Crippen molar-refractivity contribution in [2.45, 2.75) is 39.5 Å². The average Bonchev–Trinajstić information content (AvgIpc) is 2.81. The van der Waals surface area contributed by atoms with Crippen LogP contribution in [0.4, 0.5) is 0 Å². The van der Waals surface area contributed by atoms with Gasteiger partial charge >= 0.3 is 5.97 Å². The maximum absolute atomic E-state index is 12.4. The van der Waals surface area contributed by atoms with Gasteiger partial charge in [-0.15, -0.1) is 0 Å². The zero-order valence-electron chi connectivity index (χ0n) is 18.4. The van der Waals surface area contributed by atoms with E-state index in [1.165, 1.54) is 11.1 Å². The zero-order valence-corrected chi connectivity index (χ0v) is 18.4. The van der Waals surface area contributed by atoms with Crippen molar-refractivity contribution in [3.63, 3.8) is 0 Å². The number of esters is 1. The molecule has 0 heterocycles. The van der Waals surface area contributed by atoms with Gasteiger partial charge in [-0.1, -0.05) is 72.8 Å². The Morgan fingerprint density at radius 3 is 1.61 bits per heavy atom. The quantitative estimate of drug-likeness (QED) is 0.206. The Morgan fingerprint density at radius 2 is 1.13 bits per heavy atom. The summed E-state index contributed by atoms with van der Waals surface area (Å²) in [5.74, 6) is 0.215. The van der Waals surface area contributed by atoms with Crippen molar-refractivity contribution in [1.29, 1.82) is 0 Å². The lowest BCUT2D eigenvalue weighted by atomic mass is 10.0. The molecule has 3 aromatic carbocycles. The van der Waals surface area contributed by atoms with Gasteiger partial charge in [-0.2, -0.15) is 0 Å². The van der Waals surface area contributed by atoms with E-state index < -0.39 is 0 Å². The van der Waals surface area contributed by atoms with E-state index >= 15 is 0 Å². The Bertz CT molecular complexity index is 1010. The fourth-order valence-electron chi connectivity index (χ4n) is 3.39. The van der Waals surface area contributed by atoms with Gasteiger partial charge in [-0.25, -0.2) is 4.79 Å². The highest BCUT2D eigenvalue weighted by Crippen LogP contribution is 2.24.